The molecule has 3 heterocycles. The zero-order chi connectivity index (χ0) is 12.7. The molecule has 0 radical (unpaired) electrons. The molecule has 0 aromatic carbocycles. The summed E-state index contributed by atoms with van der Waals surface area (Å²) >= 11 is 0. The number of hydrogen-bond donors (Lipinski definition) is 3. The predicted molar refractivity (Wildman–Crippen MR) is 57.0 cm³/mol. The first-order valence-electron chi connectivity index (χ1n) is 4.85. The molecule has 3 aromatic rings. The molecule has 3 aromatic heterocycles. The highest BCUT2D eigenvalue weighted by atomic mass is 16.4. The van der Waals surface area contributed by atoms with Gasteiger partial charge in [0.05, 0.1) is 0 Å². The van der Waals surface area contributed by atoms with Gasteiger partial charge in [0.15, 0.2) is 11.5 Å². The van der Waals surface area contributed by atoms with Crippen LogP contribution in [-0.4, -0.2) is 46.2 Å². The quantitative estimate of drug-likeness (QED) is 0.576. The lowest BCUT2D eigenvalue weighted by Crippen LogP contribution is -2.04. The molecule has 0 aliphatic heterocycles. The summed E-state index contributed by atoms with van der Waals surface area (Å²) in [5.74, 6) is -1.28. The molecule has 9 nitrogen and oxygen atoms in total. The van der Waals surface area contributed by atoms with Gasteiger partial charge in [-0.2, -0.15) is 0 Å². The second-order valence-corrected chi connectivity index (χ2v) is 3.48. The number of pyridine rings is 1. The molecule has 0 spiro atoms. The first-order valence-corrected chi connectivity index (χ1v) is 4.85. The molecule has 0 fully saturated rings. The van der Waals surface area contributed by atoms with E-state index in [0.717, 1.165) is 0 Å². The van der Waals surface area contributed by atoms with E-state index in [1.54, 1.807) is 0 Å². The molecule has 18 heavy (non-hydrogen) atoms. The van der Waals surface area contributed by atoms with E-state index in [1.165, 1.54) is 22.7 Å². The molecule has 3 N–H and O–H groups in total. The van der Waals surface area contributed by atoms with Crippen molar-refractivity contribution in [3.05, 3.63) is 24.0 Å². The first-order chi connectivity index (χ1) is 8.66. The summed E-state index contributed by atoms with van der Waals surface area (Å²) in [5.41, 5.74) is 0.489. The largest absolute Gasteiger partial charge is 0.505 e. The maximum absolute atomic E-state index is 11.1. The number of rotatable bonds is 2. The summed E-state index contributed by atoms with van der Waals surface area (Å²) in [5, 5.41) is 31.6. The molecule has 0 saturated heterocycles. The summed E-state index contributed by atoms with van der Waals surface area (Å²) in [6.45, 7) is 0. The van der Waals surface area contributed by atoms with E-state index in [1.807, 2.05) is 0 Å². The van der Waals surface area contributed by atoms with Gasteiger partial charge in [-0.1, -0.05) is 0 Å². The number of imidazole rings is 1. The Labute approximate surface area is 98.7 Å². The van der Waals surface area contributed by atoms with Crippen LogP contribution >= 0.6 is 0 Å². The van der Waals surface area contributed by atoms with Crippen LogP contribution in [0.4, 0.5) is 0 Å². The van der Waals surface area contributed by atoms with Gasteiger partial charge in [-0.3, -0.25) is 4.40 Å². The van der Waals surface area contributed by atoms with E-state index in [-0.39, 0.29) is 11.4 Å². The topological polar surface area (TPSA) is 129 Å². The van der Waals surface area contributed by atoms with E-state index < -0.39 is 5.97 Å². The first kappa shape index (κ1) is 10.2. The van der Waals surface area contributed by atoms with Crippen LogP contribution in [0.3, 0.4) is 0 Å². The molecule has 0 bridgehead atoms. The molecule has 0 aliphatic rings. The van der Waals surface area contributed by atoms with Crippen molar-refractivity contribution in [2.24, 2.45) is 0 Å². The average molecular weight is 246 g/mol. The van der Waals surface area contributed by atoms with Crippen LogP contribution in [0.5, 0.6) is 5.75 Å². The number of tetrazole rings is 1. The van der Waals surface area contributed by atoms with Gasteiger partial charge in [0, 0.05) is 6.20 Å². The van der Waals surface area contributed by atoms with E-state index in [4.69, 9.17) is 5.11 Å². The second kappa shape index (κ2) is 3.52. The zero-order valence-corrected chi connectivity index (χ0v) is 8.77. The van der Waals surface area contributed by atoms with Crippen LogP contribution in [-0.2, 0) is 0 Å². The van der Waals surface area contributed by atoms with Crippen molar-refractivity contribution in [2.75, 3.05) is 0 Å². The van der Waals surface area contributed by atoms with Crippen LogP contribution in [0.15, 0.2) is 18.3 Å². The fourth-order valence-corrected chi connectivity index (χ4v) is 1.64. The van der Waals surface area contributed by atoms with Crippen LogP contribution < -0.4 is 0 Å². The molecule has 0 atom stereocenters. The summed E-state index contributed by atoms with van der Waals surface area (Å²) in [6, 6.07) is 2.77. The van der Waals surface area contributed by atoms with E-state index >= 15 is 0 Å². The standard InChI is InChI=1S/C9H6N6O3/c16-5-1-2-6-10-4(8-11-13-14-12-8)3-15(6)7(5)9(17)18/h1-3,16H,(H,17,18)(H,11,12,13,14). The number of hydrogen-bond acceptors (Lipinski definition) is 6. The van der Waals surface area contributed by atoms with Crippen molar-refractivity contribution in [3.63, 3.8) is 0 Å². The van der Waals surface area contributed by atoms with Crippen molar-refractivity contribution in [1.82, 2.24) is 30.0 Å². The minimum Gasteiger partial charge on any atom is -0.505 e. The number of fused-ring (bicyclic) bond motifs is 1. The maximum Gasteiger partial charge on any atom is 0.356 e. The summed E-state index contributed by atoms with van der Waals surface area (Å²) in [7, 11) is 0. The highest BCUT2D eigenvalue weighted by Gasteiger charge is 2.17. The summed E-state index contributed by atoms with van der Waals surface area (Å²) in [4.78, 5) is 15.2. The van der Waals surface area contributed by atoms with Crippen LogP contribution in [0, 0.1) is 0 Å². The fraction of sp³-hybridized carbons (Fsp3) is 0. The minimum absolute atomic E-state index is 0.265. The highest BCUT2D eigenvalue weighted by molar-refractivity contribution is 5.90. The molecule has 90 valence electrons. The lowest BCUT2D eigenvalue weighted by molar-refractivity contribution is 0.0685. The van der Waals surface area contributed by atoms with Crippen molar-refractivity contribution in [3.8, 4) is 17.3 Å². The van der Waals surface area contributed by atoms with Crippen molar-refractivity contribution in [2.45, 2.75) is 0 Å². The van der Waals surface area contributed by atoms with Gasteiger partial charge in [0.2, 0.25) is 0 Å². The zero-order valence-electron chi connectivity index (χ0n) is 8.77. The molecule has 0 unspecified atom stereocenters. The lowest BCUT2D eigenvalue weighted by atomic mass is 10.3. The second-order valence-electron chi connectivity index (χ2n) is 3.48. The molecular weight excluding hydrogens is 240 g/mol. The smallest absolute Gasteiger partial charge is 0.356 e. The lowest BCUT2D eigenvalue weighted by Gasteiger charge is -2.01. The van der Waals surface area contributed by atoms with Crippen LogP contribution in [0.25, 0.3) is 17.2 Å². The number of carbonyl (C=O) groups is 1. The number of aromatic amines is 1. The number of aromatic hydroxyl groups is 1. The number of aromatic carboxylic acids is 1. The van der Waals surface area contributed by atoms with Crippen LogP contribution in [0.2, 0.25) is 0 Å². The van der Waals surface area contributed by atoms with Gasteiger partial charge < -0.3 is 10.2 Å². The van der Waals surface area contributed by atoms with Crippen molar-refractivity contribution in [1.29, 1.82) is 0 Å². The maximum atomic E-state index is 11.1. The van der Waals surface area contributed by atoms with Gasteiger partial charge >= 0.3 is 5.97 Å². The Bertz CT molecular complexity index is 732. The van der Waals surface area contributed by atoms with Crippen molar-refractivity contribution < 1.29 is 15.0 Å². The van der Waals surface area contributed by atoms with E-state index in [2.05, 4.69) is 25.6 Å². The number of nitrogens with one attached hydrogen (secondary N) is 1. The van der Waals surface area contributed by atoms with Gasteiger partial charge in [0.25, 0.3) is 0 Å². The van der Waals surface area contributed by atoms with Gasteiger partial charge in [-0.15, -0.1) is 5.10 Å². The Balaban J connectivity index is 2.30. The molecule has 9 heteroatoms. The minimum atomic E-state index is -1.25. The monoisotopic (exact) mass is 246 g/mol. The third-order valence-electron chi connectivity index (χ3n) is 2.40. The fourth-order valence-electron chi connectivity index (χ4n) is 1.64. The Hall–Kier alpha value is -2.97. The molecule has 0 aliphatic carbocycles. The molecule has 3 rings (SSSR count). The Morgan fingerprint density at radius 2 is 2.22 bits per heavy atom. The number of carboxylic acid groups (broad SMARTS) is 1. The van der Waals surface area contributed by atoms with Crippen LogP contribution in [0.1, 0.15) is 10.5 Å². The summed E-state index contributed by atoms with van der Waals surface area (Å²) in [6.07, 6.45) is 1.43. The Kier molecular flexibility index (Phi) is 1.99. The number of carboxylic acids is 1. The average Bonchev–Trinajstić information content (AvgIpc) is 2.95. The summed E-state index contributed by atoms with van der Waals surface area (Å²) < 4.78 is 1.26. The highest BCUT2D eigenvalue weighted by Crippen LogP contribution is 2.22. The third-order valence-corrected chi connectivity index (χ3v) is 2.40. The van der Waals surface area contributed by atoms with E-state index in [0.29, 0.717) is 17.2 Å². The number of H-pyrrole nitrogens is 1. The molecule has 0 saturated carbocycles. The Morgan fingerprint density at radius 3 is 2.89 bits per heavy atom. The normalized spacial score (nSPS) is 10.9. The molecule has 0 amide bonds. The van der Waals surface area contributed by atoms with Gasteiger partial charge in [0.1, 0.15) is 17.1 Å². The Morgan fingerprint density at radius 1 is 1.39 bits per heavy atom. The molecular formula is C9H6N6O3. The van der Waals surface area contributed by atoms with Crippen molar-refractivity contribution >= 4 is 11.6 Å². The van der Waals surface area contributed by atoms with E-state index in [9.17, 15) is 9.90 Å². The van der Waals surface area contributed by atoms with Gasteiger partial charge in [-0.25, -0.2) is 14.9 Å². The SMILES string of the molecule is O=C(O)c1c(O)ccc2nc(-c3nnn[nH]3)cn12. The number of nitrogens with zero attached hydrogens (tertiary/aromatic N) is 5. The third kappa shape index (κ3) is 1.38. The predicted octanol–water partition coefficient (Wildman–Crippen LogP) is -0.0818. The number of aromatic nitrogens is 6. The van der Waals surface area contributed by atoms with Gasteiger partial charge in [-0.05, 0) is 22.6 Å².